The molecule has 4 rings (SSSR count). The van der Waals surface area contributed by atoms with Crippen molar-refractivity contribution in [2.24, 2.45) is 0 Å². The summed E-state index contributed by atoms with van der Waals surface area (Å²) in [6, 6.07) is 1.85. The van der Waals surface area contributed by atoms with Crippen molar-refractivity contribution in [3.05, 3.63) is 35.4 Å². The molecule has 0 saturated heterocycles. The Morgan fingerprint density at radius 3 is 2.71 bits per heavy atom. The van der Waals surface area contributed by atoms with Crippen molar-refractivity contribution >= 4 is 0 Å². The van der Waals surface area contributed by atoms with Gasteiger partial charge in [-0.3, -0.25) is 0 Å². The number of nitrogens with zero attached hydrogens (tertiary/aromatic N) is 4. The lowest BCUT2D eigenvalue weighted by Crippen LogP contribution is -2.25. The van der Waals surface area contributed by atoms with Gasteiger partial charge in [-0.1, -0.05) is 19.3 Å². The third-order valence-corrected chi connectivity index (χ3v) is 4.69. The molecule has 1 aliphatic carbocycles. The Hall–Kier alpha value is -1.75. The van der Waals surface area contributed by atoms with Crippen LogP contribution in [-0.2, 0) is 13.0 Å². The molecule has 0 atom stereocenters. The van der Waals surface area contributed by atoms with Crippen LogP contribution in [0.5, 0.6) is 0 Å². The van der Waals surface area contributed by atoms with E-state index >= 15 is 0 Å². The molecule has 1 saturated carbocycles. The topological polar surface area (TPSA) is 55.6 Å². The third kappa shape index (κ3) is 2.35. The van der Waals surface area contributed by atoms with Crippen molar-refractivity contribution in [1.29, 1.82) is 0 Å². The van der Waals surface area contributed by atoms with Gasteiger partial charge in [-0.2, -0.15) is 5.10 Å². The minimum absolute atomic E-state index is 0.623. The standard InChI is InChI=1S/C16H21N5/c1-2-5-12(6-3-1)15-13-11-17-10-7-14(13)21(20-15)16-18-8-4-9-19-16/h4,8-9,12,17H,1-3,5-7,10-11H2. The summed E-state index contributed by atoms with van der Waals surface area (Å²) in [5.74, 6) is 1.33. The van der Waals surface area contributed by atoms with Gasteiger partial charge in [0.25, 0.3) is 5.95 Å². The molecule has 1 fully saturated rings. The maximum absolute atomic E-state index is 4.94. The first-order valence-corrected chi connectivity index (χ1v) is 8.02. The third-order valence-electron chi connectivity index (χ3n) is 4.69. The summed E-state index contributed by atoms with van der Waals surface area (Å²) < 4.78 is 1.99. The molecule has 0 unspecified atom stereocenters. The summed E-state index contributed by atoms with van der Waals surface area (Å²) in [5, 5.41) is 8.43. The maximum atomic E-state index is 4.94. The molecule has 0 spiro atoms. The van der Waals surface area contributed by atoms with Crippen molar-refractivity contribution in [2.75, 3.05) is 6.54 Å². The highest BCUT2D eigenvalue weighted by atomic mass is 15.4. The van der Waals surface area contributed by atoms with E-state index in [4.69, 9.17) is 5.10 Å². The Morgan fingerprint density at radius 1 is 1.10 bits per heavy atom. The summed E-state index contributed by atoms with van der Waals surface area (Å²) in [7, 11) is 0. The average molecular weight is 283 g/mol. The highest BCUT2D eigenvalue weighted by molar-refractivity contribution is 5.35. The summed E-state index contributed by atoms with van der Waals surface area (Å²) in [6.07, 6.45) is 11.2. The Kier molecular flexibility index (Phi) is 3.43. The van der Waals surface area contributed by atoms with E-state index in [1.807, 2.05) is 10.7 Å². The normalized spacial score (nSPS) is 19.4. The van der Waals surface area contributed by atoms with Crippen LogP contribution in [0.1, 0.15) is 55.0 Å². The second kappa shape index (κ2) is 5.56. The Labute approximate surface area is 124 Å². The van der Waals surface area contributed by atoms with Gasteiger partial charge in [-0.15, -0.1) is 0 Å². The van der Waals surface area contributed by atoms with Crippen molar-refractivity contribution < 1.29 is 0 Å². The summed E-state index contributed by atoms with van der Waals surface area (Å²) >= 11 is 0. The van der Waals surface area contributed by atoms with Gasteiger partial charge < -0.3 is 5.32 Å². The fourth-order valence-electron chi connectivity index (χ4n) is 3.64. The molecule has 2 aromatic heterocycles. The second-order valence-corrected chi connectivity index (χ2v) is 6.03. The number of nitrogens with one attached hydrogen (secondary N) is 1. The monoisotopic (exact) mass is 283 g/mol. The molecule has 1 aliphatic heterocycles. The SMILES string of the molecule is c1cnc(-n2nc(C3CCCCC3)c3c2CCNC3)nc1. The zero-order chi connectivity index (χ0) is 14.1. The van der Waals surface area contributed by atoms with E-state index in [-0.39, 0.29) is 0 Å². The van der Waals surface area contributed by atoms with Crippen LogP contribution >= 0.6 is 0 Å². The first kappa shape index (κ1) is 13.0. The highest BCUT2D eigenvalue weighted by Crippen LogP contribution is 2.35. The summed E-state index contributed by atoms with van der Waals surface area (Å²) in [5.41, 5.74) is 4.01. The quantitative estimate of drug-likeness (QED) is 0.919. The molecule has 21 heavy (non-hydrogen) atoms. The number of hydrogen-bond donors (Lipinski definition) is 1. The van der Waals surface area contributed by atoms with Crippen LogP contribution in [0.4, 0.5) is 0 Å². The van der Waals surface area contributed by atoms with Crippen LogP contribution in [0.3, 0.4) is 0 Å². The molecule has 0 radical (unpaired) electrons. The van der Waals surface area contributed by atoms with Gasteiger partial charge in [0, 0.05) is 43.4 Å². The van der Waals surface area contributed by atoms with Gasteiger partial charge in [-0.05, 0) is 18.9 Å². The van der Waals surface area contributed by atoms with Crippen LogP contribution < -0.4 is 5.32 Å². The fourth-order valence-corrected chi connectivity index (χ4v) is 3.64. The van der Waals surface area contributed by atoms with Crippen LogP contribution in [0.15, 0.2) is 18.5 Å². The highest BCUT2D eigenvalue weighted by Gasteiger charge is 2.27. The minimum Gasteiger partial charge on any atom is -0.312 e. The predicted octanol–water partition coefficient (Wildman–Crippen LogP) is 2.36. The van der Waals surface area contributed by atoms with E-state index in [1.165, 1.54) is 49.1 Å². The lowest BCUT2D eigenvalue weighted by molar-refractivity contribution is 0.432. The molecule has 2 aromatic rings. The molecule has 0 bridgehead atoms. The molecule has 1 N–H and O–H groups in total. The number of hydrogen-bond acceptors (Lipinski definition) is 4. The van der Waals surface area contributed by atoms with Gasteiger partial charge >= 0.3 is 0 Å². The van der Waals surface area contributed by atoms with Gasteiger partial charge in [0.15, 0.2) is 0 Å². The van der Waals surface area contributed by atoms with E-state index in [0.717, 1.165) is 19.5 Å². The van der Waals surface area contributed by atoms with Gasteiger partial charge in [-0.25, -0.2) is 14.6 Å². The number of aromatic nitrogens is 4. The molecule has 3 heterocycles. The summed E-state index contributed by atoms with van der Waals surface area (Å²) in [4.78, 5) is 8.77. The zero-order valence-electron chi connectivity index (χ0n) is 12.3. The van der Waals surface area contributed by atoms with Crippen LogP contribution in [-0.4, -0.2) is 26.3 Å². The average Bonchev–Trinajstić information content (AvgIpc) is 2.96. The zero-order valence-corrected chi connectivity index (χ0v) is 12.3. The fraction of sp³-hybridized carbons (Fsp3) is 0.562. The molecule has 2 aliphatic rings. The maximum Gasteiger partial charge on any atom is 0.250 e. The summed E-state index contributed by atoms with van der Waals surface area (Å²) in [6.45, 7) is 1.95. The number of rotatable bonds is 2. The smallest absolute Gasteiger partial charge is 0.250 e. The lowest BCUT2D eigenvalue weighted by Gasteiger charge is -2.22. The van der Waals surface area contributed by atoms with Crippen molar-refractivity contribution in [3.8, 4) is 5.95 Å². The minimum atomic E-state index is 0.623. The Bertz CT molecular complexity index is 613. The molecule has 0 aromatic carbocycles. The van der Waals surface area contributed by atoms with Gasteiger partial charge in [0.05, 0.1) is 11.4 Å². The van der Waals surface area contributed by atoms with E-state index in [9.17, 15) is 0 Å². The largest absolute Gasteiger partial charge is 0.312 e. The first-order valence-electron chi connectivity index (χ1n) is 8.02. The van der Waals surface area contributed by atoms with E-state index < -0.39 is 0 Å². The molecule has 0 amide bonds. The Morgan fingerprint density at radius 2 is 1.90 bits per heavy atom. The van der Waals surface area contributed by atoms with Gasteiger partial charge in [0.1, 0.15) is 0 Å². The van der Waals surface area contributed by atoms with E-state index in [2.05, 4.69) is 15.3 Å². The van der Waals surface area contributed by atoms with Crippen molar-refractivity contribution in [3.63, 3.8) is 0 Å². The lowest BCUT2D eigenvalue weighted by atomic mass is 9.84. The molecule has 110 valence electrons. The van der Waals surface area contributed by atoms with Crippen molar-refractivity contribution in [2.45, 2.75) is 51.0 Å². The molecular formula is C16H21N5. The van der Waals surface area contributed by atoms with Crippen molar-refractivity contribution in [1.82, 2.24) is 25.1 Å². The first-order chi connectivity index (χ1) is 10.4. The van der Waals surface area contributed by atoms with Crippen LogP contribution in [0, 0.1) is 0 Å². The second-order valence-electron chi connectivity index (χ2n) is 6.03. The molecular weight excluding hydrogens is 262 g/mol. The molecule has 5 nitrogen and oxygen atoms in total. The molecule has 5 heteroatoms. The Balaban J connectivity index is 1.79. The van der Waals surface area contributed by atoms with Crippen LogP contribution in [0.25, 0.3) is 5.95 Å². The van der Waals surface area contributed by atoms with E-state index in [1.54, 1.807) is 12.4 Å². The van der Waals surface area contributed by atoms with E-state index in [0.29, 0.717) is 11.9 Å². The number of fused-ring (bicyclic) bond motifs is 1. The predicted molar refractivity (Wildman–Crippen MR) is 80.4 cm³/mol. The van der Waals surface area contributed by atoms with Gasteiger partial charge in [0.2, 0.25) is 0 Å². The van der Waals surface area contributed by atoms with Crippen LogP contribution in [0.2, 0.25) is 0 Å².